The van der Waals surface area contributed by atoms with E-state index in [-0.39, 0.29) is 0 Å². The molecule has 116 valence electrons. The third-order valence-corrected chi connectivity index (χ3v) is 6.39. The predicted molar refractivity (Wildman–Crippen MR) is 85.1 cm³/mol. The molecular formula is C17H33N3. The molecule has 20 heavy (non-hydrogen) atoms. The predicted octanol–water partition coefficient (Wildman–Crippen LogP) is 2.28. The van der Waals surface area contributed by atoms with Gasteiger partial charge >= 0.3 is 0 Å². The first-order valence-electron chi connectivity index (χ1n) is 8.68. The van der Waals surface area contributed by atoms with Crippen molar-refractivity contribution in [2.75, 3.05) is 40.3 Å². The summed E-state index contributed by atoms with van der Waals surface area (Å²) in [6.45, 7) is 9.91. The van der Waals surface area contributed by atoms with E-state index in [0.717, 1.165) is 18.0 Å². The molecule has 2 heterocycles. The summed E-state index contributed by atoms with van der Waals surface area (Å²) in [7, 11) is 4.72. The van der Waals surface area contributed by atoms with E-state index < -0.39 is 0 Å². The monoisotopic (exact) mass is 279 g/mol. The zero-order valence-electron chi connectivity index (χ0n) is 13.9. The van der Waals surface area contributed by atoms with Crippen LogP contribution in [0.1, 0.15) is 46.0 Å². The molecule has 1 atom stereocenters. The van der Waals surface area contributed by atoms with Gasteiger partial charge in [-0.15, -0.1) is 0 Å². The molecule has 0 spiro atoms. The van der Waals surface area contributed by atoms with Gasteiger partial charge in [-0.1, -0.05) is 0 Å². The highest BCUT2D eigenvalue weighted by molar-refractivity contribution is 5.11. The lowest BCUT2D eigenvalue weighted by molar-refractivity contribution is 0.0506. The van der Waals surface area contributed by atoms with Gasteiger partial charge in [-0.25, -0.2) is 0 Å². The molecule has 0 bridgehead atoms. The normalized spacial score (nSPS) is 32.4. The van der Waals surface area contributed by atoms with E-state index in [0.29, 0.717) is 5.54 Å². The van der Waals surface area contributed by atoms with Crippen molar-refractivity contribution in [3.63, 3.8) is 0 Å². The highest BCUT2D eigenvalue weighted by Crippen LogP contribution is 2.51. The van der Waals surface area contributed by atoms with Crippen LogP contribution in [-0.2, 0) is 0 Å². The van der Waals surface area contributed by atoms with Gasteiger partial charge in [0.1, 0.15) is 0 Å². The molecule has 2 aliphatic heterocycles. The fourth-order valence-corrected chi connectivity index (χ4v) is 4.70. The molecule has 3 nitrogen and oxygen atoms in total. The maximum atomic E-state index is 2.81. The fourth-order valence-electron chi connectivity index (χ4n) is 4.70. The lowest BCUT2D eigenvalue weighted by Crippen LogP contribution is -2.52. The van der Waals surface area contributed by atoms with Crippen LogP contribution < -0.4 is 0 Å². The van der Waals surface area contributed by atoms with E-state index in [9.17, 15) is 0 Å². The third kappa shape index (κ3) is 2.65. The Morgan fingerprint density at radius 3 is 2.15 bits per heavy atom. The summed E-state index contributed by atoms with van der Waals surface area (Å²) in [5.74, 6) is 0.931. The third-order valence-electron chi connectivity index (χ3n) is 6.39. The first-order valence-corrected chi connectivity index (χ1v) is 8.68. The van der Waals surface area contributed by atoms with Crippen LogP contribution in [0.15, 0.2) is 0 Å². The minimum absolute atomic E-state index is 0.579. The van der Waals surface area contributed by atoms with Crippen molar-refractivity contribution in [3.8, 4) is 0 Å². The van der Waals surface area contributed by atoms with E-state index in [2.05, 4.69) is 42.6 Å². The van der Waals surface area contributed by atoms with Crippen LogP contribution in [0.4, 0.5) is 0 Å². The highest BCUT2D eigenvalue weighted by atomic mass is 15.3. The van der Waals surface area contributed by atoms with Crippen LogP contribution in [0, 0.1) is 5.92 Å². The largest absolute Gasteiger partial charge is 0.306 e. The zero-order valence-corrected chi connectivity index (χ0v) is 13.9. The molecule has 0 N–H and O–H groups in total. The average molecular weight is 279 g/mol. The summed E-state index contributed by atoms with van der Waals surface area (Å²) in [6.07, 6.45) is 7.07. The van der Waals surface area contributed by atoms with Crippen LogP contribution in [-0.4, -0.2) is 72.6 Å². The highest BCUT2D eigenvalue weighted by Gasteiger charge is 2.55. The maximum Gasteiger partial charge on any atom is 0.0251 e. The molecule has 3 rings (SSSR count). The second-order valence-corrected chi connectivity index (χ2v) is 7.82. The molecule has 1 unspecified atom stereocenters. The smallest absolute Gasteiger partial charge is 0.0251 e. The number of rotatable bonds is 4. The van der Waals surface area contributed by atoms with E-state index >= 15 is 0 Å². The summed E-state index contributed by atoms with van der Waals surface area (Å²) in [5, 5.41) is 0. The Labute approximate surface area is 125 Å². The summed E-state index contributed by atoms with van der Waals surface area (Å²) in [5.41, 5.74) is 0.579. The minimum Gasteiger partial charge on any atom is -0.306 e. The van der Waals surface area contributed by atoms with E-state index in [1.54, 1.807) is 0 Å². The van der Waals surface area contributed by atoms with Gasteiger partial charge in [0.05, 0.1) is 0 Å². The van der Waals surface area contributed by atoms with Crippen molar-refractivity contribution in [3.05, 3.63) is 0 Å². The van der Waals surface area contributed by atoms with Crippen molar-refractivity contribution in [1.29, 1.82) is 0 Å². The summed E-state index contributed by atoms with van der Waals surface area (Å²) in [4.78, 5) is 7.99. The number of likely N-dealkylation sites (tertiary alicyclic amines) is 2. The first-order chi connectivity index (χ1) is 9.53. The minimum atomic E-state index is 0.579. The number of nitrogens with zero attached hydrogens (tertiary/aromatic N) is 3. The Morgan fingerprint density at radius 1 is 1.05 bits per heavy atom. The van der Waals surface area contributed by atoms with Crippen LogP contribution >= 0.6 is 0 Å². The van der Waals surface area contributed by atoms with E-state index in [1.165, 1.54) is 58.3 Å². The van der Waals surface area contributed by atoms with Crippen LogP contribution in [0.3, 0.4) is 0 Å². The zero-order chi connectivity index (χ0) is 14.3. The molecule has 0 aromatic carbocycles. The molecule has 3 heteroatoms. The quantitative estimate of drug-likeness (QED) is 0.782. The summed E-state index contributed by atoms with van der Waals surface area (Å²) < 4.78 is 0. The number of hydrogen-bond donors (Lipinski definition) is 0. The van der Waals surface area contributed by atoms with E-state index in [4.69, 9.17) is 0 Å². The Balaban J connectivity index is 1.58. The number of hydrogen-bond acceptors (Lipinski definition) is 3. The molecule has 0 radical (unpaired) electrons. The Hall–Kier alpha value is -0.120. The van der Waals surface area contributed by atoms with Crippen molar-refractivity contribution in [2.45, 2.75) is 63.6 Å². The van der Waals surface area contributed by atoms with Gasteiger partial charge in [-0.05, 0) is 85.6 Å². The van der Waals surface area contributed by atoms with E-state index in [1.807, 2.05) is 0 Å². The first kappa shape index (κ1) is 14.8. The molecule has 0 aromatic rings. The van der Waals surface area contributed by atoms with Crippen molar-refractivity contribution < 1.29 is 0 Å². The number of piperidine rings is 1. The Morgan fingerprint density at radius 2 is 1.70 bits per heavy atom. The maximum absolute atomic E-state index is 2.81. The molecule has 0 amide bonds. The van der Waals surface area contributed by atoms with Crippen LogP contribution in [0.5, 0.6) is 0 Å². The standard InChI is InChI=1S/C17H33N3/c1-14(2)20-11-6-16(7-12-20)19(4)17(8-9-17)15-5-10-18(3)13-15/h14-16H,5-13H2,1-4H3. The average Bonchev–Trinajstić information content (AvgIpc) is 3.14. The SMILES string of the molecule is CC(C)N1CCC(N(C)C2(C3CCN(C)C3)CC2)CC1. The van der Waals surface area contributed by atoms with Gasteiger partial charge in [-0.2, -0.15) is 0 Å². The second-order valence-electron chi connectivity index (χ2n) is 7.82. The molecule has 0 aromatic heterocycles. The van der Waals surface area contributed by atoms with Crippen molar-refractivity contribution in [2.24, 2.45) is 5.92 Å². The molecular weight excluding hydrogens is 246 g/mol. The lowest BCUT2D eigenvalue weighted by atomic mass is 9.91. The molecule has 3 aliphatic rings. The van der Waals surface area contributed by atoms with Crippen LogP contribution in [0.25, 0.3) is 0 Å². The van der Waals surface area contributed by atoms with Gasteiger partial charge in [0.25, 0.3) is 0 Å². The lowest BCUT2D eigenvalue weighted by Gasteiger charge is -2.44. The van der Waals surface area contributed by atoms with Gasteiger partial charge in [0, 0.05) is 24.2 Å². The van der Waals surface area contributed by atoms with Crippen LogP contribution in [0.2, 0.25) is 0 Å². The van der Waals surface area contributed by atoms with Gasteiger partial charge in [-0.3, -0.25) is 4.90 Å². The molecule has 3 fully saturated rings. The fraction of sp³-hybridized carbons (Fsp3) is 1.00. The van der Waals surface area contributed by atoms with Gasteiger partial charge < -0.3 is 9.80 Å². The Kier molecular flexibility index (Phi) is 4.13. The van der Waals surface area contributed by atoms with Gasteiger partial charge in [0.15, 0.2) is 0 Å². The summed E-state index contributed by atoms with van der Waals surface area (Å²) in [6, 6.07) is 1.55. The molecule has 1 saturated carbocycles. The molecule has 1 aliphatic carbocycles. The second kappa shape index (κ2) is 5.58. The summed E-state index contributed by atoms with van der Waals surface area (Å²) >= 11 is 0. The molecule has 2 saturated heterocycles. The van der Waals surface area contributed by atoms with Crippen molar-refractivity contribution >= 4 is 0 Å². The van der Waals surface area contributed by atoms with Gasteiger partial charge in [0.2, 0.25) is 0 Å². The Bertz CT molecular complexity index is 329. The topological polar surface area (TPSA) is 9.72 Å². The van der Waals surface area contributed by atoms with Crippen molar-refractivity contribution in [1.82, 2.24) is 14.7 Å².